The van der Waals surface area contributed by atoms with Crippen molar-refractivity contribution in [3.8, 4) is 11.8 Å². The SMILES string of the molecule is COc1c(F)ncc(C#N)c1C(F)F. The van der Waals surface area contributed by atoms with Crippen molar-refractivity contribution in [2.75, 3.05) is 7.11 Å². The lowest BCUT2D eigenvalue weighted by Crippen LogP contribution is -2.01. The van der Waals surface area contributed by atoms with Gasteiger partial charge in [0.1, 0.15) is 6.07 Å². The molecule has 0 aliphatic heterocycles. The van der Waals surface area contributed by atoms with Crippen LogP contribution in [0.15, 0.2) is 6.20 Å². The smallest absolute Gasteiger partial charge is 0.268 e. The topological polar surface area (TPSA) is 45.9 Å². The molecule has 3 nitrogen and oxygen atoms in total. The number of alkyl halides is 2. The average Bonchev–Trinajstić information content (AvgIpc) is 2.17. The van der Waals surface area contributed by atoms with Gasteiger partial charge in [0.25, 0.3) is 12.4 Å². The molecule has 0 fully saturated rings. The largest absolute Gasteiger partial charge is 0.492 e. The monoisotopic (exact) mass is 202 g/mol. The molecular weight excluding hydrogens is 197 g/mol. The van der Waals surface area contributed by atoms with Gasteiger partial charge in [-0.05, 0) is 0 Å². The van der Waals surface area contributed by atoms with Crippen molar-refractivity contribution in [3.05, 3.63) is 23.3 Å². The van der Waals surface area contributed by atoms with E-state index in [-0.39, 0.29) is 0 Å². The molecular formula is C8H5F3N2O. The molecule has 0 spiro atoms. The average molecular weight is 202 g/mol. The van der Waals surface area contributed by atoms with Crippen LogP contribution in [-0.4, -0.2) is 12.1 Å². The van der Waals surface area contributed by atoms with Crippen LogP contribution >= 0.6 is 0 Å². The van der Waals surface area contributed by atoms with E-state index in [0.29, 0.717) is 0 Å². The number of aromatic nitrogens is 1. The second-order valence-corrected chi connectivity index (χ2v) is 2.32. The fourth-order valence-corrected chi connectivity index (χ4v) is 0.983. The Kier molecular flexibility index (Phi) is 2.92. The number of halogens is 3. The van der Waals surface area contributed by atoms with Crippen LogP contribution in [0.4, 0.5) is 13.2 Å². The van der Waals surface area contributed by atoms with Crippen LogP contribution in [0.2, 0.25) is 0 Å². The summed E-state index contributed by atoms with van der Waals surface area (Å²) >= 11 is 0. The highest BCUT2D eigenvalue weighted by molar-refractivity contribution is 5.45. The fourth-order valence-electron chi connectivity index (χ4n) is 0.983. The normalized spacial score (nSPS) is 10.0. The van der Waals surface area contributed by atoms with Crippen molar-refractivity contribution in [2.24, 2.45) is 0 Å². The molecule has 0 saturated heterocycles. The number of pyridine rings is 1. The van der Waals surface area contributed by atoms with E-state index in [2.05, 4.69) is 9.72 Å². The van der Waals surface area contributed by atoms with Crippen LogP contribution < -0.4 is 4.74 Å². The van der Waals surface area contributed by atoms with E-state index in [4.69, 9.17) is 5.26 Å². The molecule has 0 aliphatic rings. The Balaban J connectivity index is 3.46. The molecule has 0 amide bonds. The van der Waals surface area contributed by atoms with Gasteiger partial charge in [0.05, 0.1) is 18.2 Å². The predicted octanol–water partition coefficient (Wildman–Crippen LogP) is 2.04. The first-order chi connectivity index (χ1) is 6.61. The molecule has 0 unspecified atom stereocenters. The Morgan fingerprint density at radius 2 is 2.21 bits per heavy atom. The van der Waals surface area contributed by atoms with E-state index in [1.165, 1.54) is 6.07 Å². The summed E-state index contributed by atoms with van der Waals surface area (Å²) in [6.45, 7) is 0. The Bertz CT molecular complexity index is 387. The molecule has 0 N–H and O–H groups in total. The molecule has 1 aromatic heterocycles. The first kappa shape index (κ1) is 10.3. The van der Waals surface area contributed by atoms with Gasteiger partial charge in [0, 0.05) is 6.20 Å². The van der Waals surface area contributed by atoms with Crippen molar-refractivity contribution in [3.63, 3.8) is 0 Å². The summed E-state index contributed by atoms with van der Waals surface area (Å²) in [5, 5.41) is 8.48. The van der Waals surface area contributed by atoms with Crippen LogP contribution in [0.1, 0.15) is 17.6 Å². The molecule has 0 aromatic carbocycles. The van der Waals surface area contributed by atoms with Gasteiger partial charge in [-0.1, -0.05) is 0 Å². The van der Waals surface area contributed by atoms with Crippen LogP contribution in [0.5, 0.6) is 5.75 Å². The van der Waals surface area contributed by atoms with Crippen molar-refractivity contribution in [1.29, 1.82) is 5.26 Å². The minimum Gasteiger partial charge on any atom is -0.492 e. The molecule has 14 heavy (non-hydrogen) atoms. The molecule has 0 atom stereocenters. The van der Waals surface area contributed by atoms with Gasteiger partial charge in [0.2, 0.25) is 0 Å². The number of hydrogen-bond donors (Lipinski definition) is 0. The minimum absolute atomic E-state index is 0.391. The maximum Gasteiger partial charge on any atom is 0.268 e. The van der Waals surface area contributed by atoms with Crippen molar-refractivity contribution >= 4 is 0 Å². The lowest BCUT2D eigenvalue weighted by Gasteiger charge is -2.08. The molecule has 0 bridgehead atoms. The van der Waals surface area contributed by atoms with Gasteiger partial charge < -0.3 is 4.74 Å². The second kappa shape index (κ2) is 3.96. The number of hydrogen-bond acceptors (Lipinski definition) is 3. The zero-order chi connectivity index (χ0) is 10.7. The summed E-state index contributed by atoms with van der Waals surface area (Å²) in [5.74, 6) is -1.83. The van der Waals surface area contributed by atoms with E-state index in [9.17, 15) is 13.2 Å². The summed E-state index contributed by atoms with van der Waals surface area (Å²) in [6.07, 6.45) is -2.23. The Morgan fingerprint density at radius 1 is 1.57 bits per heavy atom. The molecule has 1 aromatic rings. The lowest BCUT2D eigenvalue weighted by molar-refractivity contribution is 0.145. The molecule has 0 saturated carbocycles. The third-order valence-electron chi connectivity index (χ3n) is 1.57. The molecule has 1 rings (SSSR count). The molecule has 6 heteroatoms. The van der Waals surface area contributed by atoms with Crippen molar-refractivity contribution < 1.29 is 17.9 Å². The highest BCUT2D eigenvalue weighted by atomic mass is 19.3. The van der Waals surface area contributed by atoms with E-state index in [1.54, 1.807) is 0 Å². The Hall–Kier alpha value is -1.77. The molecule has 0 radical (unpaired) electrons. The summed E-state index contributed by atoms with van der Waals surface area (Å²) in [5.41, 5.74) is -1.15. The summed E-state index contributed by atoms with van der Waals surface area (Å²) < 4.78 is 42.1. The van der Waals surface area contributed by atoms with E-state index in [1.807, 2.05) is 0 Å². The third kappa shape index (κ3) is 1.62. The number of methoxy groups -OCH3 is 1. The highest BCUT2D eigenvalue weighted by Gasteiger charge is 2.23. The standard InChI is InChI=1S/C8H5F3N2O/c1-14-6-5(7(9)10)4(2-12)3-13-8(6)11/h3,7H,1H3. The highest BCUT2D eigenvalue weighted by Crippen LogP contribution is 2.32. The molecule has 74 valence electrons. The first-order valence-electron chi connectivity index (χ1n) is 3.52. The summed E-state index contributed by atoms with van der Waals surface area (Å²) in [4.78, 5) is 3.12. The number of ether oxygens (including phenoxy) is 1. The van der Waals surface area contributed by atoms with Crippen molar-refractivity contribution in [2.45, 2.75) is 6.43 Å². The fraction of sp³-hybridized carbons (Fsp3) is 0.250. The maximum absolute atomic E-state index is 12.8. The second-order valence-electron chi connectivity index (χ2n) is 2.32. The van der Waals surface area contributed by atoms with Gasteiger partial charge in [-0.3, -0.25) is 0 Å². The third-order valence-corrected chi connectivity index (χ3v) is 1.57. The van der Waals surface area contributed by atoms with Gasteiger partial charge in [-0.15, -0.1) is 0 Å². The molecule has 0 aliphatic carbocycles. The summed E-state index contributed by atoms with van der Waals surface area (Å²) in [6, 6.07) is 1.49. The van der Waals surface area contributed by atoms with E-state index >= 15 is 0 Å². The van der Waals surface area contributed by atoms with Crippen LogP contribution in [0.25, 0.3) is 0 Å². The molecule has 1 heterocycles. The Labute approximate surface area is 77.7 Å². The minimum atomic E-state index is -2.97. The van der Waals surface area contributed by atoms with E-state index in [0.717, 1.165) is 13.3 Å². The van der Waals surface area contributed by atoms with Crippen LogP contribution in [-0.2, 0) is 0 Å². The van der Waals surface area contributed by atoms with Gasteiger partial charge in [-0.25, -0.2) is 13.8 Å². The zero-order valence-corrected chi connectivity index (χ0v) is 7.09. The van der Waals surface area contributed by atoms with Crippen LogP contribution in [0, 0.1) is 17.3 Å². The van der Waals surface area contributed by atoms with Crippen molar-refractivity contribution in [1.82, 2.24) is 4.98 Å². The number of nitrogens with zero attached hydrogens (tertiary/aromatic N) is 2. The first-order valence-corrected chi connectivity index (χ1v) is 3.52. The summed E-state index contributed by atoms with van der Waals surface area (Å²) in [7, 11) is 1.03. The van der Waals surface area contributed by atoms with E-state index < -0.39 is 29.2 Å². The lowest BCUT2D eigenvalue weighted by atomic mass is 10.1. The number of rotatable bonds is 2. The van der Waals surface area contributed by atoms with Crippen LogP contribution in [0.3, 0.4) is 0 Å². The predicted molar refractivity (Wildman–Crippen MR) is 40.4 cm³/mol. The van der Waals surface area contributed by atoms with Gasteiger partial charge >= 0.3 is 0 Å². The quantitative estimate of drug-likeness (QED) is 0.689. The Morgan fingerprint density at radius 3 is 2.64 bits per heavy atom. The van der Waals surface area contributed by atoms with Gasteiger partial charge in [-0.2, -0.15) is 9.65 Å². The zero-order valence-electron chi connectivity index (χ0n) is 7.09. The number of nitriles is 1. The maximum atomic E-state index is 12.8. The van der Waals surface area contributed by atoms with Gasteiger partial charge in [0.15, 0.2) is 5.75 Å².